The molecule has 118 valence electrons. The highest BCUT2D eigenvalue weighted by molar-refractivity contribution is 5.25. The van der Waals surface area contributed by atoms with Crippen molar-refractivity contribution in [3.63, 3.8) is 0 Å². The third kappa shape index (κ3) is 4.30. The van der Waals surface area contributed by atoms with E-state index in [0.29, 0.717) is 11.8 Å². The Kier molecular flexibility index (Phi) is 6.23. The van der Waals surface area contributed by atoms with Gasteiger partial charge in [-0.05, 0) is 19.4 Å². The molecule has 0 saturated heterocycles. The fourth-order valence-electron chi connectivity index (χ4n) is 3.15. The van der Waals surface area contributed by atoms with E-state index in [2.05, 4.69) is 15.3 Å². The summed E-state index contributed by atoms with van der Waals surface area (Å²) in [6, 6.07) is 0.182. The summed E-state index contributed by atoms with van der Waals surface area (Å²) in [7, 11) is 5.20. The first-order chi connectivity index (χ1) is 10.3. The SMILES string of the molecule is CNC(CC1CCCCCC1)c1ncc(OC)nc1OC. The van der Waals surface area contributed by atoms with Crippen LogP contribution < -0.4 is 14.8 Å². The number of hydrogen-bond acceptors (Lipinski definition) is 5. The molecule has 1 aliphatic carbocycles. The summed E-state index contributed by atoms with van der Waals surface area (Å²) >= 11 is 0. The highest BCUT2D eigenvalue weighted by Gasteiger charge is 2.23. The molecule has 0 aromatic carbocycles. The zero-order valence-electron chi connectivity index (χ0n) is 13.4. The van der Waals surface area contributed by atoms with Crippen LogP contribution >= 0.6 is 0 Å². The van der Waals surface area contributed by atoms with Crippen LogP contribution in [0.5, 0.6) is 11.8 Å². The van der Waals surface area contributed by atoms with Crippen molar-refractivity contribution < 1.29 is 9.47 Å². The Hall–Kier alpha value is -1.36. The number of aromatic nitrogens is 2. The van der Waals surface area contributed by atoms with Crippen LogP contribution in [0.4, 0.5) is 0 Å². The zero-order valence-corrected chi connectivity index (χ0v) is 13.4. The molecule has 21 heavy (non-hydrogen) atoms. The second kappa shape index (κ2) is 8.17. The molecule has 5 heteroatoms. The van der Waals surface area contributed by atoms with Crippen molar-refractivity contribution in [3.05, 3.63) is 11.9 Å². The van der Waals surface area contributed by atoms with Crippen molar-refractivity contribution in [3.8, 4) is 11.8 Å². The first kappa shape index (κ1) is 16.0. The fourth-order valence-corrected chi connectivity index (χ4v) is 3.15. The molecule has 1 N–H and O–H groups in total. The van der Waals surface area contributed by atoms with Crippen molar-refractivity contribution in [2.45, 2.75) is 51.0 Å². The van der Waals surface area contributed by atoms with Crippen LogP contribution in [-0.4, -0.2) is 31.2 Å². The number of ether oxygens (including phenoxy) is 2. The lowest BCUT2D eigenvalue weighted by atomic mass is 9.91. The maximum atomic E-state index is 5.39. The lowest BCUT2D eigenvalue weighted by molar-refractivity contribution is 0.329. The summed E-state index contributed by atoms with van der Waals surface area (Å²) in [6.07, 6.45) is 10.9. The van der Waals surface area contributed by atoms with E-state index in [1.54, 1.807) is 20.4 Å². The molecule has 1 unspecified atom stereocenters. The Morgan fingerprint density at radius 1 is 1.19 bits per heavy atom. The van der Waals surface area contributed by atoms with Crippen LogP contribution in [0.25, 0.3) is 0 Å². The third-order valence-electron chi connectivity index (χ3n) is 4.37. The summed E-state index contributed by atoms with van der Waals surface area (Å²) in [5.74, 6) is 1.81. The summed E-state index contributed by atoms with van der Waals surface area (Å²) < 4.78 is 10.5. The molecular formula is C16H27N3O2. The molecule has 1 aromatic rings. The average molecular weight is 293 g/mol. The van der Waals surface area contributed by atoms with E-state index in [4.69, 9.17) is 9.47 Å². The maximum Gasteiger partial charge on any atom is 0.240 e. The quantitative estimate of drug-likeness (QED) is 0.817. The van der Waals surface area contributed by atoms with E-state index < -0.39 is 0 Å². The van der Waals surface area contributed by atoms with E-state index >= 15 is 0 Å². The van der Waals surface area contributed by atoms with E-state index in [9.17, 15) is 0 Å². The average Bonchev–Trinajstić information content (AvgIpc) is 2.80. The fraction of sp³-hybridized carbons (Fsp3) is 0.750. The van der Waals surface area contributed by atoms with E-state index in [1.165, 1.54) is 38.5 Å². The molecule has 1 atom stereocenters. The minimum atomic E-state index is 0.182. The molecule has 5 nitrogen and oxygen atoms in total. The second-order valence-electron chi connectivity index (χ2n) is 5.74. The molecule has 1 heterocycles. The van der Waals surface area contributed by atoms with Gasteiger partial charge in [-0.2, -0.15) is 4.98 Å². The number of hydrogen-bond donors (Lipinski definition) is 1. The van der Waals surface area contributed by atoms with Gasteiger partial charge in [-0.1, -0.05) is 38.5 Å². The van der Waals surface area contributed by atoms with Crippen molar-refractivity contribution in [1.29, 1.82) is 0 Å². The highest BCUT2D eigenvalue weighted by Crippen LogP contribution is 2.33. The van der Waals surface area contributed by atoms with Crippen LogP contribution in [0.2, 0.25) is 0 Å². The maximum absolute atomic E-state index is 5.39. The Balaban J connectivity index is 2.12. The van der Waals surface area contributed by atoms with E-state index in [1.807, 2.05) is 7.05 Å². The molecule has 0 spiro atoms. The molecule has 1 aromatic heterocycles. The predicted octanol–water partition coefficient (Wildman–Crippen LogP) is 3.11. The number of nitrogens with one attached hydrogen (secondary N) is 1. The van der Waals surface area contributed by atoms with Crippen molar-refractivity contribution >= 4 is 0 Å². The third-order valence-corrected chi connectivity index (χ3v) is 4.37. The monoisotopic (exact) mass is 293 g/mol. The van der Waals surface area contributed by atoms with Gasteiger partial charge in [0.05, 0.1) is 26.5 Å². The summed E-state index contributed by atoms with van der Waals surface area (Å²) in [5, 5.41) is 3.37. The molecule has 1 saturated carbocycles. The zero-order chi connectivity index (χ0) is 15.1. The van der Waals surface area contributed by atoms with Crippen molar-refractivity contribution in [1.82, 2.24) is 15.3 Å². The molecule has 0 amide bonds. The lowest BCUT2D eigenvalue weighted by Crippen LogP contribution is -2.22. The van der Waals surface area contributed by atoms with Gasteiger partial charge in [0.2, 0.25) is 11.8 Å². The minimum absolute atomic E-state index is 0.182. The van der Waals surface area contributed by atoms with Crippen molar-refractivity contribution in [2.75, 3.05) is 21.3 Å². The summed E-state index contributed by atoms with van der Waals surface area (Å²) in [6.45, 7) is 0. The molecular weight excluding hydrogens is 266 g/mol. The highest BCUT2D eigenvalue weighted by atomic mass is 16.5. The lowest BCUT2D eigenvalue weighted by Gasteiger charge is -2.23. The van der Waals surface area contributed by atoms with Crippen LogP contribution in [0.15, 0.2) is 6.20 Å². The van der Waals surface area contributed by atoms with Gasteiger partial charge < -0.3 is 14.8 Å². The molecule has 1 fully saturated rings. The number of methoxy groups -OCH3 is 2. The van der Waals surface area contributed by atoms with Crippen LogP contribution in [0.1, 0.15) is 56.7 Å². The minimum Gasteiger partial charge on any atom is -0.480 e. The number of nitrogens with zero attached hydrogens (tertiary/aromatic N) is 2. The topological polar surface area (TPSA) is 56.3 Å². The summed E-state index contributed by atoms with van der Waals surface area (Å²) in [4.78, 5) is 8.85. The van der Waals surface area contributed by atoms with Crippen molar-refractivity contribution in [2.24, 2.45) is 5.92 Å². The molecule has 0 aliphatic heterocycles. The summed E-state index contributed by atoms with van der Waals surface area (Å²) in [5.41, 5.74) is 0.880. The van der Waals surface area contributed by atoms with E-state index in [-0.39, 0.29) is 6.04 Å². The van der Waals surface area contributed by atoms with Gasteiger partial charge in [0.25, 0.3) is 0 Å². The molecule has 0 radical (unpaired) electrons. The smallest absolute Gasteiger partial charge is 0.240 e. The Morgan fingerprint density at radius 2 is 1.90 bits per heavy atom. The first-order valence-electron chi connectivity index (χ1n) is 7.90. The Bertz CT molecular complexity index is 432. The van der Waals surface area contributed by atoms with Gasteiger partial charge in [0, 0.05) is 0 Å². The molecule has 2 rings (SSSR count). The predicted molar refractivity (Wildman–Crippen MR) is 82.7 cm³/mol. The van der Waals surface area contributed by atoms with Gasteiger partial charge in [-0.25, -0.2) is 4.98 Å². The standard InChI is InChI=1S/C16H27N3O2/c1-17-13(10-12-8-6-4-5-7-9-12)15-16(21-3)19-14(20-2)11-18-15/h11-13,17H,4-10H2,1-3H3. The normalized spacial score (nSPS) is 18.0. The second-order valence-corrected chi connectivity index (χ2v) is 5.74. The van der Waals surface area contributed by atoms with E-state index in [0.717, 1.165) is 18.0 Å². The van der Waals surface area contributed by atoms with Gasteiger partial charge in [-0.15, -0.1) is 0 Å². The molecule has 0 bridgehead atoms. The Morgan fingerprint density at radius 3 is 2.48 bits per heavy atom. The van der Waals surface area contributed by atoms with Crippen LogP contribution in [0, 0.1) is 5.92 Å². The largest absolute Gasteiger partial charge is 0.480 e. The van der Waals surface area contributed by atoms with Gasteiger partial charge in [-0.3, -0.25) is 0 Å². The van der Waals surface area contributed by atoms with Gasteiger partial charge >= 0.3 is 0 Å². The Labute approximate surface area is 127 Å². The van der Waals surface area contributed by atoms with Gasteiger partial charge in [0.1, 0.15) is 5.69 Å². The van der Waals surface area contributed by atoms with Gasteiger partial charge in [0.15, 0.2) is 0 Å². The molecule has 1 aliphatic rings. The first-order valence-corrected chi connectivity index (χ1v) is 7.90. The van der Waals surface area contributed by atoms with Crippen LogP contribution in [-0.2, 0) is 0 Å². The number of rotatable bonds is 6. The van der Waals surface area contributed by atoms with Crippen LogP contribution in [0.3, 0.4) is 0 Å².